The SMILES string of the molecule is CNc1nnc(-c2cnn(C)c2C)n1C. The highest BCUT2D eigenvalue weighted by Gasteiger charge is 2.14. The van der Waals surface area contributed by atoms with Crippen molar-refractivity contribution < 1.29 is 0 Å². The average molecular weight is 206 g/mol. The first-order chi connectivity index (χ1) is 7.15. The van der Waals surface area contributed by atoms with Gasteiger partial charge in [0, 0.05) is 26.8 Å². The molecule has 6 nitrogen and oxygen atoms in total. The van der Waals surface area contributed by atoms with E-state index in [1.54, 1.807) is 6.20 Å². The van der Waals surface area contributed by atoms with Gasteiger partial charge in [0.15, 0.2) is 5.82 Å². The molecule has 0 saturated heterocycles. The molecule has 0 amide bonds. The molecule has 0 aromatic carbocycles. The quantitative estimate of drug-likeness (QED) is 0.780. The molecule has 0 aliphatic heterocycles. The fourth-order valence-corrected chi connectivity index (χ4v) is 1.50. The molecule has 0 aliphatic rings. The third-order valence-corrected chi connectivity index (χ3v) is 2.57. The zero-order valence-corrected chi connectivity index (χ0v) is 9.31. The Morgan fingerprint density at radius 3 is 2.47 bits per heavy atom. The van der Waals surface area contributed by atoms with E-state index in [0.717, 1.165) is 23.0 Å². The van der Waals surface area contributed by atoms with E-state index in [9.17, 15) is 0 Å². The normalized spacial score (nSPS) is 10.7. The van der Waals surface area contributed by atoms with Crippen molar-refractivity contribution in [1.82, 2.24) is 24.5 Å². The van der Waals surface area contributed by atoms with Crippen molar-refractivity contribution in [3.8, 4) is 11.4 Å². The summed E-state index contributed by atoms with van der Waals surface area (Å²) in [5, 5.41) is 15.3. The number of aryl methyl sites for hydroxylation is 1. The fraction of sp³-hybridized carbons (Fsp3) is 0.444. The van der Waals surface area contributed by atoms with Crippen LogP contribution in [-0.2, 0) is 14.1 Å². The molecular weight excluding hydrogens is 192 g/mol. The first kappa shape index (κ1) is 9.70. The second-order valence-electron chi connectivity index (χ2n) is 3.42. The van der Waals surface area contributed by atoms with Crippen LogP contribution in [0, 0.1) is 6.92 Å². The van der Waals surface area contributed by atoms with Crippen molar-refractivity contribution in [2.24, 2.45) is 14.1 Å². The Morgan fingerprint density at radius 1 is 1.27 bits per heavy atom. The second kappa shape index (κ2) is 3.38. The van der Waals surface area contributed by atoms with Crippen LogP contribution < -0.4 is 5.32 Å². The smallest absolute Gasteiger partial charge is 0.224 e. The van der Waals surface area contributed by atoms with Crippen LogP contribution in [0.5, 0.6) is 0 Å². The van der Waals surface area contributed by atoms with Gasteiger partial charge in [0.2, 0.25) is 5.95 Å². The lowest BCUT2D eigenvalue weighted by Crippen LogP contribution is -2.00. The molecule has 15 heavy (non-hydrogen) atoms. The Morgan fingerprint density at radius 2 is 2.00 bits per heavy atom. The Balaban J connectivity index is 2.54. The summed E-state index contributed by atoms with van der Waals surface area (Å²) in [6.07, 6.45) is 1.80. The number of rotatable bonds is 2. The van der Waals surface area contributed by atoms with Crippen molar-refractivity contribution in [2.45, 2.75) is 6.92 Å². The largest absolute Gasteiger partial charge is 0.357 e. The summed E-state index contributed by atoms with van der Waals surface area (Å²) in [5.74, 6) is 1.57. The third-order valence-electron chi connectivity index (χ3n) is 2.57. The van der Waals surface area contributed by atoms with Crippen molar-refractivity contribution in [1.29, 1.82) is 0 Å². The van der Waals surface area contributed by atoms with E-state index < -0.39 is 0 Å². The lowest BCUT2D eigenvalue weighted by Gasteiger charge is -2.02. The van der Waals surface area contributed by atoms with Crippen LogP contribution in [0.1, 0.15) is 5.69 Å². The van der Waals surface area contributed by atoms with Crippen LogP contribution >= 0.6 is 0 Å². The predicted molar refractivity (Wildman–Crippen MR) is 57.5 cm³/mol. The zero-order chi connectivity index (χ0) is 11.0. The Hall–Kier alpha value is -1.85. The second-order valence-corrected chi connectivity index (χ2v) is 3.42. The van der Waals surface area contributed by atoms with Gasteiger partial charge in [0.25, 0.3) is 0 Å². The number of nitrogens with zero attached hydrogens (tertiary/aromatic N) is 5. The lowest BCUT2D eigenvalue weighted by atomic mass is 10.2. The van der Waals surface area contributed by atoms with Crippen molar-refractivity contribution >= 4 is 5.95 Å². The van der Waals surface area contributed by atoms with Crippen LogP contribution in [0.4, 0.5) is 5.95 Å². The number of hydrogen-bond acceptors (Lipinski definition) is 4. The maximum absolute atomic E-state index is 4.18. The summed E-state index contributed by atoms with van der Waals surface area (Å²) in [6, 6.07) is 0. The van der Waals surface area contributed by atoms with Gasteiger partial charge in [-0.1, -0.05) is 0 Å². The van der Waals surface area contributed by atoms with E-state index in [2.05, 4.69) is 20.6 Å². The molecule has 2 rings (SSSR count). The van der Waals surface area contributed by atoms with Crippen LogP contribution in [0.15, 0.2) is 6.20 Å². The molecule has 0 atom stereocenters. The third kappa shape index (κ3) is 1.38. The van der Waals surface area contributed by atoms with E-state index in [4.69, 9.17) is 0 Å². The molecule has 80 valence electrons. The average Bonchev–Trinajstić information content (AvgIpc) is 2.73. The topological polar surface area (TPSA) is 60.6 Å². The summed E-state index contributed by atoms with van der Waals surface area (Å²) in [4.78, 5) is 0. The number of nitrogens with one attached hydrogen (secondary N) is 1. The summed E-state index contributed by atoms with van der Waals surface area (Å²) in [5.41, 5.74) is 2.09. The maximum Gasteiger partial charge on any atom is 0.224 e. The summed E-state index contributed by atoms with van der Waals surface area (Å²) < 4.78 is 3.73. The molecule has 2 aromatic heterocycles. The lowest BCUT2D eigenvalue weighted by molar-refractivity contribution is 0.740. The van der Waals surface area contributed by atoms with Crippen LogP contribution in [0.3, 0.4) is 0 Å². The Kier molecular flexibility index (Phi) is 2.18. The zero-order valence-electron chi connectivity index (χ0n) is 9.31. The van der Waals surface area contributed by atoms with E-state index in [-0.39, 0.29) is 0 Å². The van der Waals surface area contributed by atoms with Gasteiger partial charge in [-0.25, -0.2) is 0 Å². The molecule has 0 aliphatic carbocycles. The minimum atomic E-state index is 0.744. The van der Waals surface area contributed by atoms with Crippen molar-refractivity contribution in [2.75, 3.05) is 12.4 Å². The van der Waals surface area contributed by atoms with Gasteiger partial charge in [-0.15, -0.1) is 10.2 Å². The van der Waals surface area contributed by atoms with Gasteiger partial charge in [-0.05, 0) is 6.92 Å². The van der Waals surface area contributed by atoms with E-state index in [1.165, 1.54) is 0 Å². The van der Waals surface area contributed by atoms with E-state index in [1.807, 2.05) is 37.3 Å². The van der Waals surface area contributed by atoms with Gasteiger partial charge in [-0.2, -0.15) is 5.10 Å². The molecular formula is C9H14N6. The molecule has 1 N–H and O–H groups in total. The molecule has 6 heteroatoms. The van der Waals surface area contributed by atoms with Gasteiger partial charge in [0.05, 0.1) is 11.8 Å². The number of aromatic nitrogens is 5. The highest BCUT2D eigenvalue weighted by molar-refractivity contribution is 5.59. The van der Waals surface area contributed by atoms with Crippen LogP contribution in [0.25, 0.3) is 11.4 Å². The fourth-order valence-electron chi connectivity index (χ4n) is 1.50. The summed E-state index contributed by atoms with van der Waals surface area (Å²) in [6.45, 7) is 2.01. The molecule has 0 bridgehead atoms. The monoisotopic (exact) mass is 206 g/mol. The van der Waals surface area contributed by atoms with E-state index in [0.29, 0.717) is 0 Å². The Bertz CT molecular complexity index is 481. The first-order valence-electron chi connectivity index (χ1n) is 4.71. The van der Waals surface area contributed by atoms with Gasteiger partial charge >= 0.3 is 0 Å². The number of hydrogen-bond donors (Lipinski definition) is 1. The summed E-state index contributed by atoms with van der Waals surface area (Å²) >= 11 is 0. The van der Waals surface area contributed by atoms with Crippen molar-refractivity contribution in [3.05, 3.63) is 11.9 Å². The minimum absolute atomic E-state index is 0.744. The molecule has 0 unspecified atom stereocenters. The van der Waals surface area contributed by atoms with Crippen LogP contribution in [-0.4, -0.2) is 31.6 Å². The highest BCUT2D eigenvalue weighted by atomic mass is 15.3. The predicted octanol–water partition coefficient (Wildman–Crippen LogP) is 0.566. The molecule has 0 radical (unpaired) electrons. The van der Waals surface area contributed by atoms with Gasteiger partial charge < -0.3 is 5.32 Å². The molecule has 2 heterocycles. The number of anilines is 1. The Labute approximate surface area is 87.9 Å². The highest BCUT2D eigenvalue weighted by Crippen LogP contribution is 2.21. The van der Waals surface area contributed by atoms with E-state index >= 15 is 0 Å². The standard InChI is InChI=1S/C9H14N6/c1-6-7(5-11-15(6)4)8-12-13-9(10-2)14(8)3/h5H,1-4H3,(H,10,13). The molecule has 0 spiro atoms. The van der Waals surface area contributed by atoms with Gasteiger partial charge in [-0.3, -0.25) is 9.25 Å². The maximum atomic E-state index is 4.18. The molecule has 2 aromatic rings. The van der Waals surface area contributed by atoms with Crippen LogP contribution in [0.2, 0.25) is 0 Å². The molecule has 0 fully saturated rings. The van der Waals surface area contributed by atoms with Crippen molar-refractivity contribution in [3.63, 3.8) is 0 Å². The summed E-state index contributed by atoms with van der Waals surface area (Å²) in [7, 11) is 5.66. The minimum Gasteiger partial charge on any atom is -0.357 e. The first-order valence-corrected chi connectivity index (χ1v) is 4.71. The molecule has 0 saturated carbocycles. The van der Waals surface area contributed by atoms with Gasteiger partial charge in [0.1, 0.15) is 0 Å².